The van der Waals surface area contributed by atoms with Crippen molar-refractivity contribution < 1.29 is 15.0 Å². The molecule has 0 aliphatic heterocycles. The number of aliphatic hydroxyl groups excluding tert-OH is 1. The molecule has 3 nitrogen and oxygen atoms in total. The molecule has 0 aromatic heterocycles. The molecule has 0 heterocycles. The van der Waals surface area contributed by atoms with E-state index in [0.29, 0.717) is 6.61 Å². The fourth-order valence-corrected chi connectivity index (χ4v) is 2.95. The maximum Gasteiger partial charge on any atom is 0.306 e. The normalized spacial score (nSPS) is 12.5. The molecule has 0 aliphatic carbocycles. The van der Waals surface area contributed by atoms with Gasteiger partial charge in [-0.05, 0) is 19.3 Å². The fraction of sp³-hybridized carbons (Fsp3) is 0.947. The summed E-state index contributed by atoms with van der Waals surface area (Å²) in [6.07, 6.45) is 16.9. The van der Waals surface area contributed by atoms with Gasteiger partial charge in [-0.1, -0.05) is 84.0 Å². The molecule has 22 heavy (non-hydrogen) atoms. The Balaban J connectivity index is 3.51. The first-order valence-corrected chi connectivity index (χ1v) is 9.56. The minimum Gasteiger partial charge on any atom is -0.481 e. The molecular formula is C19H38O3. The maximum absolute atomic E-state index is 11.3. The molecule has 132 valence electrons. The predicted octanol–water partition coefficient (Wildman–Crippen LogP) is 5.55. The Hall–Kier alpha value is -0.570. The zero-order valence-electron chi connectivity index (χ0n) is 14.7. The third kappa shape index (κ3) is 14.4. The first kappa shape index (κ1) is 21.4. The number of carbonyl (C=O) groups is 1. The van der Waals surface area contributed by atoms with Gasteiger partial charge in [0.2, 0.25) is 0 Å². The fourth-order valence-electron chi connectivity index (χ4n) is 2.95. The van der Waals surface area contributed by atoms with Crippen molar-refractivity contribution in [2.45, 2.75) is 103 Å². The molecule has 2 N–H and O–H groups in total. The van der Waals surface area contributed by atoms with Gasteiger partial charge >= 0.3 is 5.97 Å². The second kappa shape index (κ2) is 16.8. The monoisotopic (exact) mass is 314 g/mol. The summed E-state index contributed by atoms with van der Waals surface area (Å²) in [5, 5.41) is 18.0. The quantitative estimate of drug-likeness (QED) is 0.346. The summed E-state index contributed by atoms with van der Waals surface area (Å²) in [7, 11) is 0. The van der Waals surface area contributed by atoms with E-state index in [0.717, 1.165) is 51.4 Å². The van der Waals surface area contributed by atoms with Gasteiger partial charge in [0.25, 0.3) is 0 Å². The number of aliphatic carboxylic acids is 1. The second-order valence-corrected chi connectivity index (χ2v) is 6.58. The zero-order chi connectivity index (χ0) is 16.5. The van der Waals surface area contributed by atoms with E-state index in [-0.39, 0.29) is 5.92 Å². The SMILES string of the molecule is CCCCCCCCCC(CCCCCCCCO)C(=O)O. The summed E-state index contributed by atoms with van der Waals surface area (Å²) in [5.74, 6) is -0.737. The molecule has 3 heteroatoms. The van der Waals surface area contributed by atoms with Crippen molar-refractivity contribution in [2.24, 2.45) is 5.92 Å². The van der Waals surface area contributed by atoms with Gasteiger partial charge in [-0.3, -0.25) is 4.79 Å². The van der Waals surface area contributed by atoms with E-state index in [4.69, 9.17) is 5.11 Å². The molecule has 0 amide bonds. The first-order valence-electron chi connectivity index (χ1n) is 9.56. The van der Waals surface area contributed by atoms with E-state index in [9.17, 15) is 9.90 Å². The van der Waals surface area contributed by atoms with E-state index in [1.54, 1.807) is 0 Å². The van der Waals surface area contributed by atoms with Crippen LogP contribution in [0.5, 0.6) is 0 Å². The number of aliphatic hydroxyl groups is 1. The average molecular weight is 315 g/mol. The molecule has 0 saturated heterocycles. The van der Waals surface area contributed by atoms with E-state index in [1.807, 2.05) is 0 Å². The number of unbranched alkanes of at least 4 members (excludes halogenated alkanes) is 11. The molecule has 0 fully saturated rings. The highest BCUT2D eigenvalue weighted by Crippen LogP contribution is 2.19. The Morgan fingerprint density at radius 2 is 1.14 bits per heavy atom. The van der Waals surface area contributed by atoms with Crippen molar-refractivity contribution in [3.8, 4) is 0 Å². The van der Waals surface area contributed by atoms with Gasteiger partial charge < -0.3 is 10.2 Å². The molecule has 0 bridgehead atoms. The highest BCUT2D eigenvalue weighted by atomic mass is 16.4. The van der Waals surface area contributed by atoms with Gasteiger partial charge in [-0.15, -0.1) is 0 Å². The van der Waals surface area contributed by atoms with Crippen LogP contribution in [0.3, 0.4) is 0 Å². The van der Waals surface area contributed by atoms with Crippen molar-refractivity contribution in [3.05, 3.63) is 0 Å². The molecule has 0 aromatic carbocycles. The van der Waals surface area contributed by atoms with Crippen LogP contribution in [0.25, 0.3) is 0 Å². The van der Waals surface area contributed by atoms with Gasteiger partial charge in [-0.25, -0.2) is 0 Å². The lowest BCUT2D eigenvalue weighted by Gasteiger charge is -2.12. The van der Waals surface area contributed by atoms with E-state index in [2.05, 4.69) is 6.92 Å². The molecule has 0 spiro atoms. The zero-order valence-corrected chi connectivity index (χ0v) is 14.7. The summed E-state index contributed by atoms with van der Waals surface area (Å²) in [6, 6.07) is 0. The number of rotatable bonds is 17. The van der Waals surface area contributed by atoms with Crippen molar-refractivity contribution in [2.75, 3.05) is 6.61 Å². The number of carboxylic acid groups (broad SMARTS) is 1. The van der Waals surface area contributed by atoms with Crippen LogP contribution in [-0.4, -0.2) is 22.8 Å². The Morgan fingerprint density at radius 3 is 1.55 bits per heavy atom. The Kier molecular flexibility index (Phi) is 16.4. The van der Waals surface area contributed by atoms with Crippen LogP contribution in [-0.2, 0) is 4.79 Å². The Labute approximate surface area is 137 Å². The maximum atomic E-state index is 11.3. The Bertz CT molecular complexity index is 223. The molecule has 0 saturated carbocycles. The second-order valence-electron chi connectivity index (χ2n) is 6.58. The predicted molar refractivity (Wildman–Crippen MR) is 93.1 cm³/mol. The third-order valence-corrected chi connectivity index (χ3v) is 4.47. The van der Waals surface area contributed by atoms with Gasteiger partial charge in [-0.2, -0.15) is 0 Å². The van der Waals surface area contributed by atoms with Crippen LogP contribution < -0.4 is 0 Å². The van der Waals surface area contributed by atoms with Crippen LogP contribution in [0.15, 0.2) is 0 Å². The van der Waals surface area contributed by atoms with Crippen molar-refractivity contribution >= 4 is 5.97 Å². The molecule has 0 rings (SSSR count). The summed E-state index contributed by atoms with van der Waals surface area (Å²) >= 11 is 0. The van der Waals surface area contributed by atoms with E-state index >= 15 is 0 Å². The van der Waals surface area contributed by atoms with Gasteiger partial charge in [0.05, 0.1) is 5.92 Å². The van der Waals surface area contributed by atoms with Crippen molar-refractivity contribution in [1.29, 1.82) is 0 Å². The van der Waals surface area contributed by atoms with Crippen LogP contribution in [0.4, 0.5) is 0 Å². The minimum atomic E-state index is -0.605. The molecule has 0 aliphatic rings. The summed E-state index contributed by atoms with van der Waals surface area (Å²) in [6.45, 7) is 2.52. The first-order chi connectivity index (χ1) is 10.7. The van der Waals surface area contributed by atoms with Crippen molar-refractivity contribution in [1.82, 2.24) is 0 Å². The van der Waals surface area contributed by atoms with Gasteiger partial charge in [0.1, 0.15) is 0 Å². The van der Waals surface area contributed by atoms with Crippen LogP contribution in [0.2, 0.25) is 0 Å². The summed E-state index contributed by atoms with van der Waals surface area (Å²) < 4.78 is 0. The molecule has 1 unspecified atom stereocenters. The third-order valence-electron chi connectivity index (χ3n) is 4.47. The lowest BCUT2D eigenvalue weighted by Crippen LogP contribution is -2.13. The topological polar surface area (TPSA) is 57.5 Å². The summed E-state index contributed by atoms with van der Waals surface area (Å²) in [5.41, 5.74) is 0. The molecule has 0 aromatic rings. The van der Waals surface area contributed by atoms with Crippen LogP contribution in [0.1, 0.15) is 103 Å². The smallest absolute Gasteiger partial charge is 0.306 e. The largest absolute Gasteiger partial charge is 0.481 e. The number of hydrogen-bond acceptors (Lipinski definition) is 2. The lowest BCUT2D eigenvalue weighted by molar-refractivity contribution is -0.142. The molecular weight excluding hydrogens is 276 g/mol. The highest BCUT2D eigenvalue weighted by molar-refractivity contribution is 5.69. The van der Waals surface area contributed by atoms with E-state index in [1.165, 1.54) is 44.9 Å². The van der Waals surface area contributed by atoms with E-state index < -0.39 is 5.97 Å². The van der Waals surface area contributed by atoms with Crippen molar-refractivity contribution in [3.63, 3.8) is 0 Å². The number of carboxylic acids is 1. The molecule has 0 radical (unpaired) electrons. The standard InChI is InChI=1S/C19H38O3/c1-2-3-4-5-6-9-12-15-18(19(21)22)16-13-10-7-8-11-14-17-20/h18,20H,2-17H2,1H3,(H,21,22). The van der Waals surface area contributed by atoms with Crippen LogP contribution >= 0.6 is 0 Å². The van der Waals surface area contributed by atoms with Gasteiger partial charge in [0, 0.05) is 6.61 Å². The van der Waals surface area contributed by atoms with Gasteiger partial charge in [0.15, 0.2) is 0 Å². The number of hydrogen-bond donors (Lipinski definition) is 2. The van der Waals surface area contributed by atoms with Crippen LogP contribution in [0, 0.1) is 5.92 Å². The summed E-state index contributed by atoms with van der Waals surface area (Å²) in [4.78, 5) is 11.3. The average Bonchev–Trinajstić information content (AvgIpc) is 2.50. The Morgan fingerprint density at radius 1 is 0.727 bits per heavy atom. The molecule has 1 atom stereocenters. The lowest BCUT2D eigenvalue weighted by atomic mass is 9.94. The minimum absolute atomic E-state index is 0.131. The highest BCUT2D eigenvalue weighted by Gasteiger charge is 2.16.